The summed E-state index contributed by atoms with van der Waals surface area (Å²) in [5.74, 6) is -0.222. The van der Waals surface area contributed by atoms with Crippen molar-refractivity contribution in [1.29, 1.82) is 0 Å². The zero-order valence-corrected chi connectivity index (χ0v) is 11.4. The number of benzene rings is 1. The molecule has 88 valence electrons. The second-order valence-electron chi connectivity index (χ2n) is 4.08. The Balaban J connectivity index is 2.62. The number of rotatable bonds is 4. The molecule has 1 nitrogen and oxygen atoms in total. The molecule has 1 atom stereocenters. The van der Waals surface area contributed by atoms with Crippen molar-refractivity contribution >= 4 is 15.9 Å². The maximum Gasteiger partial charge on any atom is 0.137 e. The number of halogens is 2. The van der Waals surface area contributed by atoms with Crippen LogP contribution in [0, 0.1) is 5.82 Å². The van der Waals surface area contributed by atoms with E-state index in [1.165, 1.54) is 11.6 Å². The first-order valence-electron chi connectivity index (χ1n) is 5.32. The Hall–Kier alpha value is -0.670. The van der Waals surface area contributed by atoms with Crippen LogP contribution in [0.15, 0.2) is 34.3 Å². The Morgan fingerprint density at radius 2 is 2.19 bits per heavy atom. The number of allylic oxidation sites excluding steroid dienone is 1. The van der Waals surface area contributed by atoms with Crippen molar-refractivity contribution < 1.29 is 4.39 Å². The minimum Gasteiger partial charge on any atom is -0.307 e. The molecule has 3 heteroatoms. The summed E-state index contributed by atoms with van der Waals surface area (Å²) >= 11 is 3.19. The van der Waals surface area contributed by atoms with Crippen LogP contribution < -0.4 is 5.32 Å². The molecule has 0 saturated carbocycles. The minimum absolute atomic E-state index is 0.215. The summed E-state index contributed by atoms with van der Waals surface area (Å²) in [5, 5.41) is 3.36. The van der Waals surface area contributed by atoms with Gasteiger partial charge in [0.2, 0.25) is 0 Å². The molecule has 0 heterocycles. The molecule has 1 aromatic rings. The van der Waals surface area contributed by atoms with Gasteiger partial charge in [-0.25, -0.2) is 4.39 Å². The lowest BCUT2D eigenvalue weighted by molar-refractivity contribution is 0.601. The van der Waals surface area contributed by atoms with Crippen molar-refractivity contribution in [3.63, 3.8) is 0 Å². The number of hydrogen-bond acceptors (Lipinski definition) is 1. The molecule has 0 spiro atoms. The van der Waals surface area contributed by atoms with Gasteiger partial charge in [-0.2, -0.15) is 0 Å². The van der Waals surface area contributed by atoms with Crippen LogP contribution in [0.5, 0.6) is 0 Å². The second kappa shape index (κ2) is 6.16. The molecule has 0 bridgehead atoms. The van der Waals surface area contributed by atoms with Crippen LogP contribution >= 0.6 is 15.9 Å². The Morgan fingerprint density at radius 3 is 2.75 bits per heavy atom. The SMILES string of the molecule is CC(C)=CCNC(C)c1ccc(F)c(Br)c1. The zero-order valence-electron chi connectivity index (χ0n) is 9.85. The molecule has 1 N–H and O–H groups in total. The van der Waals surface area contributed by atoms with E-state index in [0.717, 1.165) is 12.1 Å². The molecule has 1 unspecified atom stereocenters. The van der Waals surface area contributed by atoms with Crippen molar-refractivity contribution in [1.82, 2.24) is 5.32 Å². The summed E-state index contributed by atoms with van der Waals surface area (Å²) < 4.78 is 13.6. The van der Waals surface area contributed by atoms with Crippen LogP contribution in [0.25, 0.3) is 0 Å². The molecule has 0 fully saturated rings. The van der Waals surface area contributed by atoms with E-state index in [4.69, 9.17) is 0 Å². The van der Waals surface area contributed by atoms with Crippen molar-refractivity contribution in [3.05, 3.63) is 45.7 Å². The van der Waals surface area contributed by atoms with Gasteiger partial charge in [-0.05, 0) is 54.4 Å². The average Bonchev–Trinajstić information content (AvgIpc) is 2.21. The van der Waals surface area contributed by atoms with Gasteiger partial charge in [0.05, 0.1) is 4.47 Å². The first-order valence-corrected chi connectivity index (χ1v) is 6.11. The lowest BCUT2D eigenvalue weighted by Gasteiger charge is -2.13. The third-order valence-electron chi connectivity index (χ3n) is 2.38. The molecule has 0 aliphatic carbocycles. The van der Waals surface area contributed by atoms with Gasteiger partial charge in [-0.3, -0.25) is 0 Å². The summed E-state index contributed by atoms with van der Waals surface area (Å²) in [5.41, 5.74) is 2.37. The van der Waals surface area contributed by atoms with Crippen LogP contribution in [0.2, 0.25) is 0 Å². The van der Waals surface area contributed by atoms with E-state index in [-0.39, 0.29) is 11.9 Å². The summed E-state index contributed by atoms with van der Waals surface area (Å²) in [4.78, 5) is 0. The van der Waals surface area contributed by atoms with Crippen molar-refractivity contribution in [2.45, 2.75) is 26.8 Å². The molecule has 0 aliphatic heterocycles. The Bertz CT molecular complexity index is 384. The quantitative estimate of drug-likeness (QED) is 0.818. The number of nitrogens with one attached hydrogen (secondary N) is 1. The highest BCUT2D eigenvalue weighted by Gasteiger charge is 2.06. The highest BCUT2D eigenvalue weighted by Crippen LogP contribution is 2.20. The van der Waals surface area contributed by atoms with Gasteiger partial charge in [0.25, 0.3) is 0 Å². The summed E-state index contributed by atoms with van der Waals surface area (Å²) in [6, 6.07) is 5.32. The summed E-state index contributed by atoms with van der Waals surface area (Å²) in [6.07, 6.45) is 2.13. The maximum absolute atomic E-state index is 13.0. The summed E-state index contributed by atoms with van der Waals surface area (Å²) in [7, 11) is 0. The average molecular weight is 286 g/mol. The van der Waals surface area contributed by atoms with Crippen molar-refractivity contribution in [2.24, 2.45) is 0 Å². The lowest BCUT2D eigenvalue weighted by Crippen LogP contribution is -2.18. The van der Waals surface area contributed by atoms with E-state index >= 15 is 0 Å². The van der Waals surface area contributed by atoms with Crippen LogP contribution in [0.4, 0.5) is 4.39 Å². The Kier molecular flexibility index (Phi) is 5.16. The van der Waals surface area contributed by atoms with Gasteiger partial charge in [0.15, 0.2) is 0 Å². The third kappa shape index (κ3) is 4.06. The van der Waals surface area contributed by atoms with E-state index < -0.39 is 0 Å². The van der Waals surface area contributed by atoms with Crippen LogP contribution in [-0.2, 0) is 0 Å². The monoisotopic (exact) mass is 285 g/mol. The van der Waals surface area contributed by atoms with Crippen LogP contribution in [0.3, 0.4) is 0 Å². The molecule has 0 saturated heterocycles. The zero-order chi connectivity index (χ0) is 12.1. The van der Waals surface area contributed by atoms with E-state index in [0.29, 0.717) is 4.47 Å². The second-order valence-corrected chi connectivity index (χ2v) is 4.94. The van der Waals surface area contributed by atoms with Gasteiger partial charge in [0, 0.05) is 12.6 Å². The molecular weight excluding hydrogens is 269 g/mol. The normalized spacial score (nSPS) is 12.3. The standard InChI is InChI=1S/C13H17BrFN/c1-9(2)6-7-16-10(3)11-4-5-13(15)12(14)8-11/h4-6,8,10,16H,7H2,1-3H3. The maximum atomic E-state index is 13.0. The van der Waals surface area contributed by atoms with Gasteiger partial charge < -0.3 is 5.32 Å². The van der Waals surface area contributed by atoms with E-state index in [1.807, 2.05) is 6.07 Å². The molecule has 16 heavy (non-hydrogen) atoms. The Labute approximate surface area is 105 Å². The first-order chi connectivity index (χ1) is 7.50. The fraction of sp³-hybridized carbons (Fsp3) is 0.385. The molecule has 1 aromatic carbocycles. The smallest absolute Gasteiger partial charge is 0.137 e. The fourth-order valence-corrected chi connectivity index (χ4v) is 1.74. The van der Waals surface area contributed by atoms with Gasteiger partial charge in [-0.1, -0.05) is 17.7 Å². The topological polar surface area (TPSA) is 12.0 Å². The number of hydrogen-bond donors (Lipinski definition) is 1. The first kappa shape index (κ1) is 13.4. The van der Waals surface area contributed by atoms with E-state index in [9.17, 15) is 4.39 Å². The molecule has 0 aromatic heterocycles. The van der Waals surface area contributed by atoms with Gasteiger partial charge in [0.1, 0.15) is 5.82 Å². The highest BCUT2D eigenvalue weighted by molar-refractivity contribution is 9.10. The van der Waals surface area contributed by atoms with Crippen molar-refractivity contribution in [3.8, 4) is 0 Å². The van der Waals surface area contributed by atoms with Crippen LogP contribution in [0.1, 0.15) is 32.4 Å². The lowest BCUT2D eigenvalue weighted by atomic mass is 10.1. The highest BCUT2D eigenvalue weighted by atomic mass is 79.9. The molecule has 0 amide bonds. The van der Waals surface area contributed by atoms with E-state index in [1.54, 1.807) is 6.07 Å². The largest absolute Gasteiger partial charge is 0.307 e. The van der Waals surface area contributed by atoms with Crippen LogP contribution in [-0.4, -0.2) is 6.54 Å². The summed E-state index contributed by atoms with van der Waals surface area (Å²) in [6.45, 7) is 7.04. The molecular formula is C13H17BrFN. The van der Waals surface area contributed by atoms with E-state index in [2.05, 4.69) is 48.1 Å². The molecule has 0 aliphatic rings. The predicted molar refractivity (Wildman–Crippen MR) is 69.9 cm³/mol. The van der Waals surface area contributed by atoms with Gasteiger partial charge >= 0.3 is 0 Å². The molecule has 1 rings (SSSR count). The Morgan fingerprint density at radius 1 is 1.50 bits per heavy atom. The third-order valence-corrected chi connectivity index (χ3v) is 2.99. The predicted octanol–water partition coefficient (Wildman–Crippen LogP) is 4.21. The molecule has 0 radical (unpaired) electrons. The fourth-order valence-electron chi connectivity index (χ4n) is 1.34. The minimum atomic E-state index is -0.222. The van der Waals surface area contributed by atoms with Crippen molar-refractivity contribution in [2.75, 3.05) is 6.54 Å². The van der Waals surface area contributed by atoms with Gasteiger partial charge in [-0.15, -0.1) is 0 Å².